The summed E-state index contributed by atoms with van der Waals surface area (Å²) < 4.78 is 62.9. The first-order valence-electron chi connectivity index (χ1n) is 10.5. The Morgan fingerprint density at radius 2 is 1.47 bits per heavy atom. The van der Waals surface area contributed by atoms with Crippen LogP contribution in [0.4, 0.5) is 18.0 Å². The monoisotopic (exact) mass is 511 g/mol. The fourth-order valence-electron chi connectivity index (χ4n) is 3.62. The van der Waals surface area contributed by atoms with E-state index in [4.69, 9.17) is 18.9 Å². The van der Waals surface area contributed by atoms with Gasteiger partial charge in [-0.15, -0.1) is 0 Å². The molecule has 2 aromatic rings. The fourth-order valence-corrected chi connectivity index (χ4v) is 3.62. The maximum atomic E-state index is 14.1. The minimum Gasteiger partial charge on any atom is -0.493 e. The van der Waals surface area contributed by atoms with Crippen molar-refractivity contribution in [2.45, 2.75) is 18.3 Å². The Kier molecular flexibility index (Phi) is 7.51. The first-order valence-corrected chi connectivity index (χ1v) is 10.5. The molecule has 1 aliphatic heterocycles. The van der Waals surface area contributed by atoms with Crippen LogP contribution in [-0.2, 0) is 11.2 Å². The van der Waals surface area contributed by atoms with Crippen LogP contribution in [0.25, 0.3) is 0 Å². The van der Waals surface area contributed by atoms with Gasteiger partial charge in [0.1, 0.15) is 0 Å². The third kappa shape index (κ3) is 4.81. The maximum absolute atomic E-state index is 14.1. The molecule has 0 unspecified atom stereocenters. The van der Waals surface area contributed by atoms with Gasteiger partial charge in [-0.3, -0.25) is 19.8 Å². The van der Waals surface area contributed by atoms with Crippen molar-refractivity contribution >= 4 is 17.8 Å². The predicted octanol–water partition coefficient (Wildman–Crippen LogP) is 2.50. The van der Waals surface area contributed by atoms with E-state index in [2.05, 4.69) is 0 Å². The van der Waals surface area contributed by atoms with Gasteiger partial charge in [0.05, 0.1) is 28.4 Å². The molecule has 2 aromatic carbocycles. The first-order chi connectivity index (χ1) is 17.0. The molecule has 0 saturated carbocycles. The van der Waals surface area contributed by atoms with Gasteiger partial charge in [0.2, 0.25) is 0 Å². The van der Waals surface area contributed by atoms with Gasteiger partial charge in [-0.1, -0.05) is 6.07 Å². The Labute approximate surface area is 204 Å². The highest BCUT2D eigenvalue weighted by Crippen LogP contribution is 2.35. The molecule has 2 N–H and O–H groups in total. The summed E-state index contributed by atoms with van der Waals surface area (Å²) in [6.45, 7) is -0.385. The van der Waals surface area contributed by atoms with Gasteiger partial charge in [-0.05, 0) is 42.3 Å². The van der Waals surface area contributed by atoms with Gasteiger partial charge in [-0.25, -0.2) is 4.79 Å². The molecule has 13 heteroatoms. The van der Waals surface area contributed by atoms with Gasteiger partial charge in [0.25, 0.3) is 17.5 Å². The number of urea groups is 1. The Bertz CT molecular complexity index is 1170. The van der Waals surface area contributed by atoms with Crippen LogP contribution < -0.4 is 29.6 Å². The van der Waals surface area contributed by atoms with Crippen LogP contribution in [0.15, 0.2) is 36.4 Å². The second kappa shape index (κ2) is 10.2. The summed E-state index contributed by atoms with van der Waals surface area (Å²) in [4.78, 5) is 38.5. The molecule has 1 saturated heterocycles. The van der Waals surface area contributed by atoms with Crippen molar-refractivity contribution in [2.75, 3.05) is 35.0 Å². The Hall–Kier alpha value is -4.16. The minimum absolute atomic E-state index is 0.0249. The predicted molar refractivity (Wildman–Crippen MR) is 119 cm³/mol. The van der Waals surface area contributed by atoms with Crippen LogP contribution in [0.1, 0.15) is 15.9 Å². The number of halogens is 3. The molecule has 4 amide bonds. The van der Waals surface area contributed by atoms with Gasteiger partial charge in [0.15, 0.2) is 23.0 Å². The molecule has 1 aliphatic rings. The van der Waals surface area contributed by atoms with Crippen LogP contribution in [0.3, 0.4) is 0 Å². The van der Waals surface area contributed by atoms with E-state index in [0.29, 0.717) is 22.0 Å². The second-order valence-corrected chi connectivity index (χ2v) is 7.60. The van der Waals surface area contributed by atoms with Gasteiger partial charge in [-0.2, -0.15) is 13.2 Å². The molecule has 36 heavy (non-hydrogen) atoms. The molecule has 0 spiro atoms. The number of hydrogen-bond acceptors (Lipinski definition) is 7. The number of imide groups is 1. The van der Waals surface area contributed by atoms with Crippen molar-refractivity contribution < 1.29 is 46.5 Å². The molecule has 10 nitrogen and oxygen atoms in total. The number of amides is 4. The highest BCUT2D eigenvalue weighted by Gasteiger charge is 2.68. The summed E-state index contributed by atoms with van der Waals surface area (Å²) in [6.07, 6.45) is -5.32. The highest BCUT2D eigenvalue weighted by atomic mass is 19.4. The van der Waals surface area contributed by atoms with Gasteiger partial charge in [0, 0.05) is 12.1 Å². The van der Waals surface area contributed by atoms with Crippen molar-refractivity contribution in [2.24, 2.45) is 0 Å². The number of rotatable bonds is 9. The molecular weight excluding hydrogens is 487 g/mol. The number of carbonyl (C=O) groups is 3. The zero-order valence-electron chi connectivity index (χ0n) is 19.8. The van der Waals surface area contributed by atoms with Crippen molar-refractivity contribution in [3.63, 3.8) is 0 Å². The van der Waals surface area contributed by atoms with E-state index >= 15 is 0 Å². The zero-order valence-corrected chi connectivity index (χ0v) is 19.8. The lowest BCUT2D eigenvalue weighted by Crippen LogP contribution is -2.69. The SMILES string of the molecule is COc1ccc(CCN2C(=O)N[C@](NC(=O)c3ccc(OC)c(OC)c3)(C(F)(F)F)C2=O)cc1OC. The van der Waals surface area contributed by atoms with Gasteiger partial charge < -0.3 is 24.3 Å². The lowest BCUT2D eigenvalue weighted by Gasteiger charge is -2.30. The van der Waals surface area contributed by atoms with E-state index in [1.165, 1.54) is 40.6 Å². The van der Waals surface area contributed by atoms with E-state index in [-0.39, 0.29) is 30.0 Å². The molecule has 1 atom stereocenters. The molecule has 3 rings (SSSR count). The van der Waals surface area contributed by atoms with Crippen LogP contribution in [0, 0.1) is 0 Å². The zero-order chi connectivity index (χ0) is 26.7. The third-order valence-electron chi connectivity index (χ3n) is 5.55. The number of ether oxygens (including phenoxy) is 4. The van der Waals surface area contributed by atoms with E-state index in [9.17, 15) is 27.6 Å². The second-order valence-electron chi connectivity index (χ2n) is 7.60. The molecule has 0 aromatic heterocycles. The lowest BCUT2D eigenvalue weighted by molar-refractivity contribution is -0.200. The smallest absolute Gasteiger partial charge is 0.440 e. The maximum Gasteiger partial charge on any atom is 0.440 e. The van der Waals surface area contributed by atoms with Crippen molar-refractivity contribution in [1.82, 2.24) is 15.5 Å². The van der Waals surface area contributed by atoms with Crippen LogP contribution in [-0.4, -0.2) is 69.6 Å². The molecule has 1 fully saturated rings. The molecular formula is C23H24F3N3O7. The molecule has 194 valence electrons. The van der Waals surface area contributed by atoms with E-state index < -0.39 is 29.7 Å². The fraction of sp³-hybridized carbons (Fsp3) is 0.348. The number of carbonyl (C=O) groups excluding carboxylic acids is 3. The Morgan fingerprint density at radius 1 is 0.917 bits per heavy atom. The van der Waals surface area contributed by atoms with Crippen molar-refractivity contribution in [1.29, 1.82) is 0 Å². The summed E-state index contributed by atoms with van der Waals surface area (Å²) in [5.74, 6) is -1.78. The Morgan fingerprint density at radius 3 is 2.03 bits per heavy atom. The summed E-state index contributed by atoms with van der Waals surface area (Å²) in [5, 5.41) is 3.28. The average molecular weight is 511 g/mol. The van der Waals surface area contributed by atoms with Crippen LogP contribution in [0.2, 0.25) is 0 Å². The summed E-state index contributed by atoms with van der Waals surface area (Å²) in [7, 11) is 5.49. The van der Waals surface area contributed by atoms with E-state index in [1.54, 1.807) is 28.8 Å². The standard InChI is InChI=1S/C23H24F3N3O7/c1-33-15-7-5-13(11-17(15)35-3)9-10-29-20(31)22(23(24,25)26,28-21(29)32)27-19(30)14-6-8-16(34-2)18(12-14)36-4/h5-8,11-12H,9-10H2,1-4H3,(H,27,30)(H,28,32)/t22-/m0/s1. The topological polar surface area (TPSA) is 115 Å². The van der Waals surface area contributed by atoms with Crippen molar-refractivity contribution in [3.8, 4) is 23.0 Å². The number of methoxy groups -OCH3 is 4. The van der Waals surface area contributed by atoms with Gasteiger partial charge >= 0.3 is 12.2 Å². The molecule has 0 bridgehead atoms. The molecule has 0 aliphatic carbocycles. The molecule has 1 heterocycles. The van der Waals surface area contributed by atoms with Crippen LogP contribution >= 0.6 is 0 Å². The largest absolute Gasteiger partial charge is 0.493 e. The number of benzene rings is 2. The quantitative estimate of drug-likeness (QED) is 0.497. The highest BCUT2D eigenvalue weighted by molar-refractivity contribution is 6.10. The number of hydrogen-bond donors (Lipinski definition) is 2. The lowest BCUT2D eigenvalue weighted by atomic mass is 10.1. The summed E-state index contributed by atoms with van der Waals surface area (Å²) in [6, 6.07) is 7.14. The minimum atomic E-state index is -5.34. The number of nitrogens with one attached hydrogen (secondary N) is 2. The number of alkyl halides is 3. The normalized spacial score (nSPS) is 17.5. The molecule has 0 radical (unpaired) electrons. The third-order valence-corrected chi connectivity index (χ3v) is 5.55. The van der Waals surface area contributed by atoms with Crippen LogP contribution in [0.5, 0.6) is 23.0 Å². The summed E-state index contributed by atoms with van der Waals surface area (Å²) in [5.41, 5.74) is -3.32. The Balaban J connectivity index is 1.84. The van der Waals surface area contributed by atoms with E-state index in [1.807, 2.05) is 0 Å². The van der Waals surface area contributed by atoms with Crippen molar-refractivity contribution in [3.05, 3.63) is 47.5 Å². The first kappa shape index (κ1) is 26.4. The summed E-state index contributed by atoms with van der Waals surface area (Å²) >= 11 is 0. The number of nitrogens with zero attached hydrogens (tertiary/aromatic N) is 1. The average Bonchev–Trinajstić information content (AvgIpc) is 3.11. The van der Waals surface area contributed by atoms with E-state index in [0.717, 1.165) is 6.07 Å².